The number of rotatable bonds is 4. The highest BCUT2D eigenvalue weighted by Crippen LogP contribution is 2.32. The average molecular weight is 265 g/mol. The van der Waals surface area contributed by atoms with Gasteiger partial charge in [0, 0.05) is 28.7 Å². The van der Waals surface area contributed by atoms with E-state index in [1.165, 1.54) is 13.2 Å². The van der Waals surface area contributed by atoms with Crippen LogP contribution in [0.4, 0.5) is 8.78 Å². The molecule has 17 heavy (non-hydrogen) atoms. The molecule has 0 aliphatic heterocycles. The Morgan fingerprint density at radius 3 is 2.41 bits per heavy atom. The predicted octanol–water partition coefficient (Wildman–Crippen LogP) is 3.03. The minimum atomic E-state index is -1.02. The molecule has 1 aromatic carbocycles. The van der Waals surface area contributed by atoms with E-state index >= 15 is 0 Å². The molecule has 2 nitrogen and oxygen atoms in total. The maximum absolute atomic E-state index is 13.8. The van der Waals surface area contributed by atoms with Crippen molar-refractivity contribution in [2.24, 2.45) is 0 Å². The molecule has 0 aromatic heterocycles. The van der Waals surface area contributed by atoms with Crippen LogP contribution in [0.5, 0.6) is 0 Å². The lowest BCUT2D eigenvalue weighted by Gasteiger charge is -2.24. The van der Waals surface area contributed by atoms with Crippen LogP contribution in [0, 0.1) is 11.6 Å². The number of aliphatic hydroxyl groups is 1. The Morgan fingerprint density at radius 2 is 1.94 bits per heavy atom. The summed E-state index contributed by atoms with van der Waals surface area (Å²) in [6.07, 6.45) is 0. The fourth-order valence-electron chi connectivity index (χ4n) is 1.49. The second-order valence-corrected chi connectivity index (χ2v) is 4.89. The van der Waals surface area contributed by atoms with E-state index in [9.17, 15) is 8.78 Å². The molecular weight excluding hydrogens is 250 g/mol. The van der Waals surface area contributed by atoms with Crippen molar-refractivity contribution in [3.05, 3.63) is 33.9 Å². The van der Waals surface area contributed by atoms with Crippen molar-refractivity contribution in [1.82, 2.24) is 0 Å². The maximum atomic E-state index is 13.8. The minimum absolute atomic E-state index is 0.0100. The smallest absolute Gasteiger partial charge is 0.166 e. The zero-order valence-electron chi connectivity index (χ0n) is 9.98. The van der Waals surface area contributed by atoms with Gasteiger partial charge in [0.25, 0.3) is 0 Å². The Bertz CT molecular complexity index is 419. The van der Waals surface area contributed by atoms with Gasteiger partial charge in [0.15, 0.2) is 11.6 Å². The zero-order chi connectivity index (χ0) is 13.2. The molecule has 1 N–H and O–H groups in total. The van der Waals surface area contributed by atoms with Crippen molar-refractivity contribution in [3.8, 4) is 0 Å². The Balaban J connectivity index is 3.39. The Hall–Kier alpha value is -0.710. The fourth-order valence-corrected chi connectivity index (χ4v) is 1.73. The lowest BCUT2D eigenvalue weighted by atomic mass is 9.84. The lowest BCUT2D eigenvalue weighted by Crippen LogP contribution is -2.24. The second-order valence-electron chi connectivity index (χ2n) is 4.49. The van der Waals surface area contributed by atoms with Gasteiger partial charge in [-0.3, -0.25) is 0 Å². The third-order valence-electron chi connectivity index (χ3n) is 2.67. The van der Waals surface area contributed by atoms with Crippen molar-refractivity contribution in [2.45, 2.75) is 25.9 Å². The molecule has 0 atom stereocenters. The summed E-state index contributed by atoms with van der Waals surface area (Å²) in [5, 5.41) is 9.27. The summed E-state index contributed by atoms with van der Waals surface area (Å²) in [7, 11) is 1.37. The first-order valence-electron chi connectivity index (χ1n) is 5.11. The van der Waals surface area contributed by atoms with E-state index in [2.05, 4.69) is 0 Å². The van der Waals surface area contributed by atoms with Gasteiger partial charge in [0.2, 0.25) is 0 Å². The molecule has 0 heterocycles. The molecule has 0 spiro atoms. The van der Waals surface area contributed by atoms with Crippen molar-refractivity contribution >= 4 is 11.6 Å². The number of hydrogen-bond donors (Lipinski definition) is 1. The van der Waals surface area contributed by atoms with Gasteiger partial charge in [-0.1, -0.05) is 25.4 Å². The largest absolute Gasteiger partial charge is 0.395 e. The molecule has 0 fully saturated rings. The molecule has 0 saturated carbocycles. The van der Waals surface area contributed by atoms with E-state index < -0.39 is 17.0 Å². The second kappa shape index (κ2) is 5.29. The van der Waals surface area contributed by atoms with Gasteiger partial charge in [0.1, 0.15) is 0 Å². The molecule has 0 radical (unpaired) electrons. The number of methoxy groups -OCH3 is 1. The van der Waals surface area contributed by atoms with Gasteiger partial charge in [0.05, 0.1) is 13.2 Å². The van der Waals surface area contributed by atoms with Crippen LogP contribution in [0.2, 0.25) is 5.02 Å². The lowest BCUT2D eigenvalue weighted by molar-refractivity contribution is 0.179. The molecule has 0 bridgehead atoms. The molecule has 96 valence electrons. The maximum Gasteiger partial charge on any atom is 0.166 e. The fraction of sp³-hybridized carbons (Fsp3) is 0.500. The Labute approximate surface area is 104 Å². The molecule has 0 saturated heterocycles. The predicted molar refractivity (Wildman–Crippen MR) is 62.2 cm³/mol. The molecule has 0 aliphatic carbocycles. The van der Waals surface area contributed by atoms with E-state index in [1.54, 1.807) is 13.8 Å². The highest BCUT2D eigenvalue weighted by Gasteiger charge is 2.28. The molecular formula is C12H15ClF2O2. The van der Waals surface area contributed by atoms with Crippen molar-refractivity contribution in [3.63, 3.8) is 0 Å². The van der Waals surface area contributed by atoms with Gasteiger partial charge in [-0.15, -0.1) is 0 Å². The third kappa shape index (κ3) is 2.76. The van der Waals surface area contributed by atoms with Crippen molar-refractivity contribution < 1.29 is 18.6 Å². The summed E-state index contributed by atoms with van der Waals surface area (Å²) in [5.74, 6) is -2.00. The van der Waals surface area contributed by atoms with Gasteiger partial charge in [-0.2, -0.15) is 0 Å². The number of aliphatic hydroxyl groups excluding tert-OH is 1. The topological polar surface area (TPSA) is 29.5 Å². The van der Waals surface area contributed by atoms with Gasteiger partial charge in [-0.05, 0) is 6.07 Å². The van der Waals surface area contributed by atoms with Crippen LogP contribution in [0.1, 0.15) is 25.0 Å². The molecule has 0 aliphatic rings. The number of halogens is 3. The van der Waals surface area contributed by atoms with E-state index in [1.807, 2.05) is 0 Å². The highest BCUT2D eigenvalue weighted by molar-refractivity contribution is 6.31. The number of benzene rings is 1. The Kier molecular flexibility index (Phi) is 4.47. The summed E-state index contributed by atoms with van der Waals surface area (Å²) >= 11 is 5.88. The minimum Gasteiger partial charge on any atom is -0.395 e. The van der Waals surface area contributed by atoms with Gasteiger partial charge < -0.3 is 9.84 Å². The number of hydrogen-bond acceptors (Lipinski definition) is 2. The summed E-state index contributed by atoms with van der Waals surface area (Å²) in [4.78, 5) is 0. The summed E-state index contributed by atoms with van der Waals surface area (Å²) < 4.78 is 32.4. The normalized spacial score (nSPS) is 11.9. The van der Waals surface area contributed by atoms with E-state index in [-0.39, 0.29) is 29.4 Å². The molecule has 5 heteroatoms. The quantitative estimate of drug-likeness (QED) is 0.847. The third-order valence-corrected chi connectivity index (χ3v) is 3.00. The van der Waals surface area contributed by atoms with Crippen molar-refractivity contribution in [2.75, 3.05) is 13.7 Å². The van der Waals surface area contributed by atoms with Gasteiger partial charge in [-0.25, -0.2) is 8.78 Å². The summed E-state index contributed by atoms with van der Waals surface area (Å²) in [5.41, 5.74) is -0.841. The summed E-state index contributed by atoms with van der Waals surface area (Å²) in [6.45, 7) is 2.82. The molecule has 1 rings (SSSR count). The SMILES string of the molecule is COCc1c(Cl)cc(C(C)(C)CO)c(F)c1F. The van der Waals surface area contributed by atoms with Crippen LogP contribution in [-0.4, -0.2) is 18.8 Å². The first kappa shape index (κ1) is 14.4. The standard InChI is InChI=1S/C12H15ClF2O2/c1-12(2,6-16)8-4-9(13)7(5-17-3)10(14)11(8)15/h4,16H,5-6H2,1-3H3. The zero-order valence-corrected chi connectivity index (χ0v) is 10.7. The van der Waals surface area contributed by atoms with Crippen LogP contribution in [0.25, 0.3) is 0 Å². The van der Waals surface area contributed by atoms with Crippen LogP contribution in [0.3, 0.4) is 0 Å². The molecule has 0 amide bonds. The average Bonchev–Trinajstić information content (AvgIpc) is 2.29. The van der Waals surface area contributed by atoms with E-state index in [4.69, 9.17) is 21.4 Å². The molecule has 0 unspecified atom stereocenters. The van der Waals surface area contributed by atoms with E-state index in [0.29, 0.717) is 0 Å². The van der Waals surface area contributed by atoms with Crippen molar-refractivity contribution in [1.29, 1.82) is 0 Å². The first-order valence-corrected chi connectivity index (χ1v) is 5.49. The van der Waals surface area contributed by atoms with Crippen LogP contribution < -0.4 is 0 Å². The van der Waals surface area contributed by atoms with Crippen LogP contribution >= 0.6 is 11.6 Å². The first-order chi connectivity index (χ1) is 7.85. The monoisotopic (exact) mass is 264 g/mol. The Morgan fingerprint density at radius 1 is 1.35 bits per heavy atom. The van der Waals surface area contributed by atoms with Gasteiger partial charge >= 0.3 is 0 Å². The van der Waals surface area contributed by atoms with Crippen LogP contribution in [0.15, 0.2) is 6.07 Å². The van der Waals surface area contributed by atoms with Crippen LogP contribution in [-0.2, 0) is 16.8 Å². The van der Waals surface area contributed by atoms with E-state index in [0.717, 1.165) is 0 Å². The molecule has 1 aromatic rings. The highest BCUT2D eigenvalue weighted by atomic mass is 35.5. The number of ether oxygens (including phenoxy) is 1. The summed E-state index contributed by atoms with van der Waals surface area (Å²) in [6, 6.07) is 1.34.